The Bertz CT molecular complexity index is 419. The van der Waals surface area contributed by atoms with E-state index in [0.29, 0.717) is 5.69 Å². The third-order valence-electron chi connectivity index (χ3n) is 1.31. The van der Waals surface area contributed by atoms with Crippen molar-refractivity contribution >= 4 is 51.4 Å². The second-order valence-electron chi connectivity index (χ2n) is 1.92. The fraction of sp³-hybridized carbons (Fsp3) is 0. The molecule has 0 aromatic rings. The van der Waals surface area contributed by atoms with Gasteiger partial charge in [-0.15, -0.1) is 0 Å². The predicted molar refractivity (Wildman–Crippen MR) is 39.3 cm³/mol. The minimum Gasteiger partial charge on any atom is -0.281 e. The van der Waals surface area contributed by atoms with Crippen LogP contribution in [0.1, 0.15) is 0 Å². The van der Waals surface area contributed by atoms with E-state index < -0.39 is 11.0 Å². The van der Waals surface area contributed by atoms with Crippen molar-refractivity contribution in [1.29, 1.82) is 0 Å². The molecule has 0 fully saturated rings. The largest absolute Gasteiger partial charge is 0.320 e. The van der Waals surface area contributed by atoms with Crippen molar-refractivity contribution in [2.45, 2.75) is 0 Å². The Kier molecular flexibility index (Phi) is 2.66. The fourth-order valence-electron chi connectivity index (χ4n) is 0.854. The maximum absolute atomic E-state index is 10.8. The molecule has 49 valence electrons. The molecule has 2 rings (SSSR count). The summed E-state index contributed by atoms with van der Waals surface area (Å²) in [6, 6.07) is 1.54. The van der Waals surface area contributed by atoms with Crippen molar-refractivity contribution in [2.24, 2.45) is 0 Å². The summed E-state index contributed by atoms with van der Waals surface area (Å²) >= 11 is 0. The summed E-state index contributed by atoms with van der Waals surface area (Å²) in [7, 11) is 0. The number of nitrogens with zero attached hydrogens (tertiary/aromatic N) is 2. The Hall–Kier alpha value is 0.0564. The van der Waals surface area contributed by atoms with E-state index in [1.54, 1.807) is 0 Å². The summed E-state index contributed by atoms with van der Waals surface area (Å²) in [5.41, 5.74) is -0.724. The van der Waals surface area contributed by atoms with Gasteiger partial charge >= 0.3 is 5.56 Å². The van der Waals surface area contributed by atoms with Crippen LogP contribution >= 0.6 is 0 Å². The van der Waals surface area contributed by atoms with Crippen LogP contribution in [0.2, 0.25) is 0 Å². The molecule has 2 aliphatic rings. The molecule has 1 radical (unpaired) electrons. The molecule has 0 aliphatic carbocycles. The molecule has 0 spiro atoms. The number of hydrogen-bond donors (Lipinski definition) is 0. The van der Waals surface area contributed by atoms with Gasteiger partial charge in [0.2, 0.25) is 0 Å². The van der Waals surface area contributed by atoms with E-state index in [-0.39, 0.29) is 57.1 Å². The Labute approximate surface area is 104 Å². The third-order valence-corrected chi connectivity index (χ3v) is 1.31. The van der Waals surface area contributed by atoms with Gasteiger partial charge < -0.3 is 0 Å². The number of fused-ring (bicyclic) bond motifs is 1. The summed E-state index contributed by atoms with van der Waals surface area (Å²) in [5, 5.41) is 0. The quantitative estimate of drug-likeness (QED) is 0.371. The molecule has 0 aromatic carbocycles. The average Bonchev–Trinajstić information content (AvgIpc) is 2.41. The topological polar surface area (TPSA) is 59.9 Å². The summed E-state index contributed by atoms with van der Waals surface area (Å²) < 4.78 is 0. The van der Waals surface area contributed by atoms with E-state index in [4.69, 9.17) is 0 Å². The van der Waals surface area contributed by atoms with E-state index in [9.17, 15) is 9.59 Å². The van der Waals surface area contributed by atoms with Gasteiger partial charge in [-0.3, -0.25) is 14.6 Å². The Morgan fingerprint density at radius 1 is 1.27 bits per heavy atom. The Balaban J connectivity index is 0.000000605. The maximum atomic E-state index is 10.8. The average molecular weight is 173 g/mol. The first-order valence-electron chi connectivity index (χ1n) is 2.71. The molecule has 0 saturated heterocycles. The molecule has 0 aromatic heterocycles. The van der Waals surface area contributed by atoms with Crippen molar-refractivity contribution in [1.82, 2.24) is 9.97 Å². The van der Waals surface area contributed by atoms with Crippen LogP contribution < -0.4 is 11.0 Å². The van der Waals surface area contributed by atoms with Crippen molar-refractivity contribution < 1.29 is 0 Å². The zero-order valence-corrected chi connectivity index (χ0v) is 8.99. The first-order chi connectivity index (χ1) is 4.79. The molecular weight excluding hydrogens is 171 g/mol. The number of hydrogen-bond acceptors (Lipinski definition) is 4. The minimum atomic E-state index is -0.710. The van der Waals surface area contributed by atoms with Crippen molar-refractivity contribution in [2.75, 3.05) is 0 Å². The zero-order valence-electron chi connectivity index (χ0n) is 5.87. The normalized spacial score (nSPS) is 9.82. The van der Waals surface area contributed by atoms with Crippen molar-refractivity contribution in [3.63, 3.8) is 0 Å². The van der Waals surface area contributed by atoms with Gasteiger partial charge in [-0.05, 0) is 6.07 Å². The molecule has 0 unspecified atom stereocenters. The van der Waals surface area contributed by atoms with Crippen LogP contribution in [0.15, 0.2) is 21.9 Å². The van der Waals surface area contributed by atoms with Gasteiger partial charge in [0.15, 0.2) is 0 Å². The van der Waals surface area contributed by atoms with E-state index in [1.807, 2.05) is 0 Å². The van der Waals surface area contributed by atoms with Gasteiger partial charge in [0.1, 0.15) is 5.69 Å². The molecule has 5 heteroatoms. The third kappa shape index (κ3) is 1.34. The first-order valence-corrected chi connectivity index (χ1v) is 2.71. The molecule has 2 aliphatic heterocycles. The zero-order chi connectivity index (χ0) is 7.14. The second kappa shape index (κ2) is 3.20. The second-order valence-corrected chi connectivity index (χ2v) is 1.92. The van der Waals surface area contributed by atoms with E-state index in [0.717, 1.165) is 0 Å². The van der Waals surface area contributed by atoms with Gasteiger partial charge in [0.05, 0.1) is 5.69 Å². The summed E-state index contributed by atoms with van der Waals surface area (Å²) in [6.07, 6.45) is 1.46. The van der Waals surface area contributed by atoms with Gasteiger partial charge in [-0.25, -0.2) is 4.98 Å². The maximum Gasteiger partial charge on any atom is 0.320 e. The van der Waals surface area contributed by atoms with Crippen molar-refractivity contribution in [3.05, 3.63) is 32.8 Å². The SMILES string of the molecule is O=c1nc2ccnc-2c1=O.[K]. The predicted octanol–water partition coefficient (Wildman–Crippen LogP) is -1.20. The van der Waals surface area contributed by atoms with Crippen LogP contribution in [0.5, 0.6) is 0 Å². The molecule has 0 N–H and O–H groups in total. The molecular formula is C6H2KN2O2. The van der Waals surface area contributed by atoms with Gasteiger partial charge in [0.25, 0.3) is 5.43 Å². The molecule has 0 bridgehead atoms. The van der Waals surface area contributed by atoms with Crippen LogP contribution in [0.4, 0.5) is 0 Å². The summed E-state index contributed by atoms with van der Waals surface area (Å²) in [5.74, 6) is 0. The number of aromatic nitrogens is 2. The fourth-order valence-corrected chi connectivity index (χ4v) is 0.854. The van der Waals surface area contributed by atoms with Crippen LogP contribution in [0.25, 0.3) is 11.4 Å². The molecule has 0 atom stereocenters. The first kappa shape index (κ1) is 9.15. The van der Waals surface area contributed by atoms with Gasteiger partial charge in [0, 0.05) is 57.6 Å². The number of rotatable bonds is 0. The van der Waals surface area contributed by atoms with Crippen molar-refractivity contribution in [3.8, 4) is 11.4 Å². The minimum absolute atomic E-state index is 0. The van der Waals surface area contributed by atoms with Crippen LogP contribution in [0, 0.1) is 0 Å². The van der Waals surface area contributed by atoms with E-state index in [1.165, 1.54) is 12.3 Å². The van der Waals surface area contributed by atoms with Gasteiger partial charge in [-0.1, -0.05) is 0 Å². The van der Waals surface area contributed by atoms with Crippen LogP contribution in [-0.2, 0) is 0 Å². The molecule has 4 nitrogen and oxygen atoms in total. The monoisotopic (exact) mass is 173 g/mol. The standard InChI is InChI=1S/C6H2N2O2.K/c9-5-4-3(1-2-7-4)8-6(5)10;/h1-2H;. The van der Waals surface area contributed by atoms with E-state index in [2.05, 4.69) is 9.97 Å². The van der Waals surface area contributed by atoms with E-state index >= 15 is 0 Å². The Morgan fingerprint density at radius 3 is 2.64 bits per heavy atom. The molecule has 11 heavy (non-hydrogen) atoms. The molecule has 0 saturated carbocycles. The van der Waals surface area contributed by atoms with Gasteiger partial charge in [-0.2, -0.15) is 0 Å². The van der Waals surface area contributed by atoms with Crippen LogP contribution in [0.3, 0.4) is 0 Å². The van der Waals surface area contributed by atoms with Crippen LogP contribution in [-0.4, -0.2) is 61.4 Å². The Morgan fingerprint density at radius 2 is 2.00 bits per heavy atom. The smallest absolute Gasteiger partial charge is 0.281 e. The summed E-state index contributed by atoms with van der Waals surface area (Å²) in [6.45, 7) is 0. The summed E-state index contributed by atoms with van der Waals surface area (Å²) in [4.78, 5) is 28.4. The molecule has 2 heterocycles. The molecule has 0 amide bonds.